The van der Waals surface area contributed by atoms with Gasteiger partial charge in [0.15, 0.2) is 0 Å². The molecule has 0 bridgehead atoms. The zero-order valence-corrected chi connectivity index (χ0v) is 14.9. The lowest BCUT2D eigenvalue weighted by Gasteiger charge is -2.08. The van der Waals surface area contributed by atoms with Crippen LogP contribution in [0.15, 0.2) is 60.7 Å². The van der Waals surface area contributed by atoms with Crippen LogP contribution in [-0.2, 0) is 9.59 Å². The third-order valence-electron chi connectivity index (χ3n) is 3.55. The Balaban J connectivity index is 1.66. The number of amides is 3. The largest absolute Gasteiger partial charge is 0.497 e. The topological polar surface area (TPSA) is 96.5 Å². The van der Waals surface area contributed by atoms with Gasteiger partial charge in [0, 0.05) is 24.6 Å². The summed E-state index contributed by atoms with van der Waals surface area (Å²) in [5, 5.41) is 2.60. The number of benzene rings is 2. The quantitative estimate of drug-likeness (QED) is 0.512. The SMILES string of the molecule is COc1ccc(C(=O)NNC(=O)CCNC(=O)/C=C/c2ccccc2)cc1. The summed E-state index contributed by atoms with van der Waals surface area (Å²) in [6, 6.07) is 15.9. The first kappa shape index (κ1) is 19.7. The molecule has 0 aliphatic rings. The van der Waals surface area contributed by atoms with Crippen molar-refractivity contribution in [2.75, 3.05) is 13.7 Å². The molecule has 2 aromatic carbocycles. The minimum atomic E-state index is -0.444. The number of methoxy groups -OCH3 is 1. The Hall–Kier alpha value is -3.61. The molecule has 7 heteroatoms. The fourth-order valence-electron chi connectivity index (χ4n) is 2.10. The van der Waals surface area contributed by atoms with Gasteiger partial charge in [-0.1, -0.05) is 30.3 Å². The molecule has 27 heavy (non-hydrogen) atoms. The van der Waals surface area contributed by atoms with E-state index in [0.29, 0.717) is 11.3 Å². The van der Waals surface area contributed by atoms with Gasteiger partial charge in [-0.3, -0.25) is 25.2 Å². The highest BCUT2D eigenvalue weighted by atomic mass is 16.5. The molecule has 0 saturated heterocycles. The Morgan fingerprint density at radius 3 is 2.33 bits per heavy atom. The van der Waals surface area contributed by atoms with Crippen molar-refractivity contribution in [1.29, 1.82) is 0 Å². The molecule has 2 rings (SSSR count). The summed E-state index contributed by atoms with van der Waals surface area (Å²) in [6.45, 7) is 0.155. The molecule has 3 amide bonds. The molecule has 0 saturated carbocycles. The van der Waals surface area contributed by atoms with Crippen LogP contribution in [0, 0.1) is 0 Å². The lowest BCUT2D eigenvalue weighted by Crippen LogP contribution is -2.42. The van der Waals surface area contributed by atoms with E-state index in [1.807, 2.05) is 30.3 Å². The molecule has 7 nitrogen and oxygen atoms in total. The number of hydrogen-bond acceptors (Lipinski definition) is 4. The van der Waals surface area contributed by atoms with Crippen LogP contribution in [-0.4, -0.2) is 31.4 Å². The second-order valence-electron chi connectivity index (χ2n) is 5.52. The average Bonchev–Trinajstić information content (AvgIpc) is 2.71. The molecule has 0 fully saturated rings. The molecular weight excluding hydrogens is 346 g/mol. The van der Waals surface area contributed by atoms with Crippen molar-refractivity contribution in [3.8, 4) is 5.75 Å². The van der Waals surface area contributed by atoms with Gasteiger partial charge in [0.1, 0.15) is 5.75 Å². The fourth-order valence-corrected chi connectivity index (χ4v) is 2.10. The second-order valence-corrected chi connectivity index (χ2v) is 5.52. The van der Waals surface area contributed by atoms with Gasteiger partial charge in [-0.2, -0.15) is 0 Å². The summed E-state index contributed by atoms with van der Waals surface area (Å²) in [5.41, 5.74) is 5.91. The van der Waals surface area contributed by atoms with E-state index in [1.54, 1.807) is 30.3 Å². The Morgan fingerprint density at radius 1 is 0.963 bits per heavy atom. The lowest BCUT2D eigenvalue weighted by molar-refractivity contribution is -0.122. The molecule has 0 aliphatic heterocycles. The predicted molar refractivity (Wildman–Crippen MR) is 102 cm³/mol. The van der Waals surface area contributed by atoms with Crippen LogP contribution in [0.1, 0.15) is 22.3 Å². The normalized spacial score (nSPS) is 10.3. The van der Waals surface area contributed by atoms with Crippen LogP contribution >= 0.6 is 0 Å². The first-order valence-electron chi connectivity index (χ1n) is 8.32. The third-order valence-corrected chi connectivity index (χ3v) is 3.55. The van der Waals surface area contributed by atoms with Crippen LogP contribution in [0.5, 0.6) is 5.75 Å². The van der Waals surface area contributed by atoms with Crippen molar-refractivity contribution in [2.24, 2.45) is 0 Å². The summed E-state index contributed by atoms with van der Waals surface area (Å²) in [7, 11) is 1.53. The zero-order chi connectivity index (χ0) is 19.5. The summed E-state index contributed by atoms with van der Waals surface area (Å²) in [5.74, 6) is -0.522. The molecule has 2 aromatic rings. The van der Waals surface area contributed by atoms with Gasteiger partial charge in [-0.25, -0.2) is 0 Å². The number of nitrogens with one attached hydrogen (secondary N) is 3. The van der Waals surface area contributed by atoms with Crippen LogP contribution in [0.25, 0.3) is 6.08 Å². The summed E-state index contributed by atoms with van der Waals surface area (Å²) >= 11 is 0. The minimum absolute atomic E-state index is 0.0355. The maximum Gasteiger partial charge on any atom is 0.269 e. The summed E-state index contributed by atoms with van der Waals surface area (Å²) < 4.78 is 5.01. The van der Waals surface area contributed by atoms with E-state index in [4.69, 9.17) is 4.74 Å². The Kier molecular flexibility index (Phi) is 7.59. The molecule has 0 unspecified atom stereocenters. The van der Waals surface area contributed by atoms with Crippen molar-refractivity contribution in [3.63, 3.8) is 0 Å². The average molecular weight is 367 g/mol. The van der Waals surface area contributed by atoms with Crippen LogP contribution in [0.2, 0.25) is 0 Å². The Labute approximate surface area is 157 Å². The number of carbonyl (C=O) groups is 3. The summed E-state index contributed by atoms with van der Waals surface area (Å²) in [4.78, 5) is 35.3. The van der Waals surface area contributed by atoms with E-state index in [2.05, 4.69) is 16.2 Å². The van der Waals surface area contributed by atoms with Gasteiger partial charge in [0.2, 0.25) is 11.8 Å². The maximum absolute atomic E-state index is 11.9. The number of carbonyl (C=O) groups excluding carboxylic acids is 3. The van der Waals surface area contributed by atoms with Crippen LogP contribution in [0.4, 0.5) is 0 Å². The van der Waals surface area contributed by atoms with Gasteiger partial charge in [-0.15, -0.1) is 0 Å². The second kappa shape index (κ2) is 10.4. The predicted octanol–water partition coefficient (Wildman–Crippen LogP) is 1.68. The van der Waals surface area contributed by atoms with Crippen molar-refractivity contribution in [2.45, 2.75) is 6.42 Å². The first-order valence-corrected chi connectivity index (χ1v) is 8.32. The van der Waals surface area contributed by atoms with E-state index >= 15 is 0 Å². The molecular formula is C20H21N3O4. The van der Waals surface area contributed by atoms with Gasteiger partial charge in [0.05, 0.1) is 7.11 Å². The van der Waals surface area contributed by atoms with Gasteiger partial charge < -0.3 is 10.1 Å². The molecule has 140 valence electrons. The highest BCUT2D eigenvalue weighted by molar-refractivity contribution is 5.95. The van der Waals surface area contributed by atoms with Gasteiger partial charge in [-0.05, 0) is 35.9 Å². The van der Waals surface area contributed by atoms with Crippen molar-refractivity contribution < 1.29 is 19.1 Å². The highest BCUT2D eigenvalue weighted by Gasteiger charge is 2.07. The van der Waals surface area contributed by atoms with E-state index in [1.165, 1.54) is 13.2 Å². The number of hydrazine groups is 1. The van der Waals surface area contributed by atoms with Crippen molar-refractivity contribution in [3.05, 3.63) is 71.8 Å². The molecule has 0 atom stereocenters. The molecule has 0 heterocycles. The Bertz CT molecular complexity index is 802. The van der Waals surface area contributed by atoms with E-state index in [-0.39, 0.29) is 18.9 Å². The molecule has 3 N–H and O–H groups in total. The maximum atomic E-state index is 11.9. The first-order chi connectivity index (χ1) is 13.1. The van der Waals surface area contributed by atoms with Crippen LogP contribution < -0.4 is 20.9 Å². The molecule has 0 spiro atoms. The highest BCUT2D eigenvalue weighted by Crippen LogP contribution is 2.10. The lowest BCUT2D eigenvalue weighted by atomic mass is 10.2. The standard InChI is InChI=1S/C20H21N3O4/c1-27-17-10-8-16(9-11-17)20(26)23-22-19(25)13-14-21-18(24)12-7-15-5-3-2-4-6-15/h2-12H,13-14H2,1H3,(H,21,24)(H,22,25)(H,23,26)/b12-7+. The molecule has 0 aromatic heterocycles. The van der Waals surface area contributed by atoms with Gasteiger partial charge >= 0.3 is 0 Å². The third kappa shape index (κ3) is 7.03. The molecule has 0 radical (unpaired) electrons. The van der Waals surface area contributed by atoms with E-state index in [9.17, 15) is 14.4 Å². The number of rotatable bonds is 7. The molecule has 0 aliphatic carbocycles. The number of ether oxygens (including phenoxy) is 1. The van der Waals surface area contributed by atoms with Gasteiger partial charge in [0.25, 0.3) is 5.91 Å². The van der Waals surface area contributed by atoms with Crippen molar-refractivity contribution >= 4 is 23.8 Å². The number of hydrogen-bond donors (Lipinski definition) is 3. The summed E-state index contributed by atoms with van der Waals surface area (Å²) in [6.07, 6.45) is 3.12. The zero-order valence-electron chi connectivity index (χ0n) is 14.9. The van der Waals surface area contributed by atoms with E-state index in [0.717, 1.165) is 5.56 Å². The van der Waals surface area contributed by atoms with E-state index < -0.39 is 11.8 Å². The van der Waals surface area contributed by atoms with Crippen molar-refractivity contribution in [1.82, 2.24) is 16.2 Å². The smallest absolute Gasteiger partial charge is 0.269 e. The monoisotopic (exact) mass is 367 g/mol. The van der Waals surface area contributed by atoms with Crippen LogP contribution in [0.3, 0.4) is 0 Å². The fraction of sp³-hybridized carbons (Fsp3) is 0.150. The Morgan fingerprint density at radius 2 is 1.67 bits per heavy atom. The minimum Gasteiger partial charge on any atom is -0.497 e.